The highest BCUT2D eigenvalue weighted by Gasteiger charge is 2.26. The lowest BCUT2D eigenvalue weighted by Crippen LogP contribution is -2.36. The molecule has 126 valence electrons. The molecule has 0 spiro atoms. The van der Waals surface area contributed by atoms with Crippen molar-refractivity contribution in [3.05, 3.63) is 38.7 Å². The van der Waals surface area contributed by atoms with Gasteiger partial charge in [0.25, 0.3) is 5.91 Å². The second-order valence-electron chi connectivity index (χ2n) is 6.81. The predicted octanol–water partition coefficient (Wildman–Crippen LogP) is 2.68. The molecule has 0 unspecified atom stereocenters. The third-order valence-electron chi connectivity index (χ3n) is 4.88. The molecule has 24 heavy (non-hydrogen) atoms. The second kappa shape index (κ2) is 6.16. The van der Waals surface area contributed by atoms with Crippen LogP contribution in [0.2, 0.25) is 0 Å². The SMILES string of the molecule is CN(C)c1cc2c(nn1)CCN(C(=O)c1cc3c(s1)CCCC3)C2. The molecular formula is C18H22N4OS. The molecule has 0 aromatic carbocycles. The summed E-state index contributed by atoms with van der Waals surface area (Å²) >= 11 is 1.70. The van der Waals surface area contributed by atoms with Crippen molar-refractivity contribution >= 4 is 23.1 Å². The van der Waals surface area contributed by atoms with E-state index < -0.39 is 0 Å². The predicted molar refractivity (Wildman–Crippen MR) is 95.8 cm³/mol. The van der Waals surface area contributed by atoms with Crippen LogP contribution in [0.4, 0.5) is 5.82 Å². The van der Waals surface area contributed by atoms with Crippen LogP contribution in [0.1, 0.15) is 44.2 Å². The number of carbonyl (C=O) groups is 1. The Bertz CT molecular complexity index is 760. The third-order valence-corrected chi connectivity index (χ3v) is 6.10. The molecule has 0 bridgehead atoms. The maximum Gasteiger partial charge on any atom is 0.264 e. The number of carbonyl (C=O) groups excluding carboxylic acids is 1. The topological polar surface area (TPSA) is 49.3 Å². The van der Waals surface area contributed by atoms with Crippen molar-refractivity contribution in [1.29, 1.82) is 0 Å². The number of hydrogen-bond acceptors (Lipinski definition) is 5. The van der Waals surface area contributed by atoms with Crippen LogP contribution in [0.25, 0.3) is 0 Å². The fraction of sp³-hybridized carbons (Fsp3) is 0.500. The van der Waals surface area contributed by atoms with Gasteiger partial charge in [0.15, 0.2) is 5.82 Å². The van der Waals surface area contributed by atoms with Crippen LogP contribution >= 0.6 is 11.3 Å². The molecule has 0 radical (unpaired) electrons. The monoisotopic (exact) mass is 342 g/mol. The summed E-state index contributed by atoms with van der Waals surface area (Å²) in [6, 6.07) is 4.19. The van der Waals surface area contributed by atoms with E-state index in [-0.39, 0.29) is 5.91 Å². The molecule has 0 fully saturated rings. The Morgan fingerprint density at radius 2 is 1.96 bits per heavy atom. The zero-order valence-corrected chi connectivity index (χ0v) is 15.0. The minimum atomic E-state index is 0.170. The zero-order valence-electron chi connectivity index (χ0n) is 14.2. The summed E-state index contributed by atoms with van der Waals surface area (Å²) in [6.45, 7) is 1.36. The van der Waals surface area contributed by atoms with Crippen molar-refractivity contribution in [1.82, 2.24) is 15.1 Å². The van der Waals surface area contributed by atoms with Crippen molar-refractivity contribution in [2.75, 3.05) is 25.5 Å². The Morgan fingerprint density at radius 3 is 2.75 bits per heavy atom. The molecular weight excluding hydrogens is 320 g/mol. The number of thiophene rings is 1. The lowest BCUT2D eigenvalue weighted by atomic mass is 9.99. The molecule has 1 amide bonds. The number of hydrogen-bond donors (Lipinski definition) is 0. The molecule has 1 aliphatic carbocycles. The van der Waals surface area contributed by atoms with E-state index in [0.717, 1.165) is 47.8 Å². The van der Waals surface area contributed by atoms with Gasteiger partial charge in [-0.2, -0.15) is 5.10 Å². The summed E-state index contributed by atoms with van der Waals surface area (Å²) in [5.41, 5.74) is 3.54. The minimum absolute atomic E-state index is 0.170. The van der Waals surface area contributed by atoms with Crippen molar-refractivity contribution in [3.8, 4) is 0 Å². The normalized spacial score (nSPS) is 16.5. The molecule has 0 atom stereocenters. The van der Waals surface area contributed by atoms with E-state index in [9.17, 15) is 4.79 Å². The average molecular weight is 342 g/mol. The largest absolute Gasteiger partial charge is 0.361 e. The van der Waals surface area contributed by atoms with E-state index in [4.69, 9.17) is 0 Å². The van der Waals surface area contributed by atoms with Crippen LogP contribution in [0.15, 0.2) is 12.1 Å². The lowest BCUT2D eigenvalue weighted by Gasteiger charge is -2.28. The van der Waals surface area contributed by atoms with Crippen molar-refractivity contribution in [3.63, 3.8) is 0 Å². The summed E-state index contributed by atoms with van der Waals surface area (Å²) in [5.74, 6) is 1.01. The minimum Gasteiger partial charge on any atom is -0.361 e. The first kappa shape index (κ1) is 15.6. The molecule has 4 rings (SSSR count). The molecule has 0 N–H and O–H groups in total. The van der Waals surface area contributed by atoms with E-state index in [2.05, 4.69) is 22.3 Å². The highest BCUT2D eigenvalue weighted by Crippen LogP contribution is 2.31. The van der Waals surface area contributed by atoms with Gasteiger partial charge in [-0.15, -0.1) is 16.4 Å². The summed E-state index contributed by atoms with van der Waals surface area (Å²) in [5, 5.41) is 8.57. The van der Waals surface area contributed by atoms with Gasteiger partial charge in [-0.05, 0) is 48.9 Å². The van der Waals surface area contributed by atoms with Gasteiger partial charge < -0.3 is 9.80 Å². The second-order valence-corrected chi connectivity index (χ2v) is 7.95. The smallest absolute Gasteiger partial charge is 0.264 e. The average Bonchev–Trinajstić information content (AvgIpc) is 3.04. The standard InChI is InChI=1S/C18H22N4OS/c1-21(2)17-10-13-11-22(8-7-14(13)19-20-17)18(23)16-9-12-5-3-4-6-15(12)24-16/h9-10H,3-8,11H2,1-2H3. The van der Waals surface area contributed by atoms with Gasteiger partial charge in [-0.1, -0.05) is 0 Å². The van der Waals surface area contributed by atoms with Crippen LogP contribution < -0.4 is 4.90 Å². The summed E-state index contributed by atoms with van der Waals surface area (Å²) in [4.78, 5) is 19.2. The third kappa shape index (κ3) is 2.79. The molecule has 1 aliphatic heterocycles. The Hall–Kier alpha value is -1.95. The number of amides is 1. The Labute approximate surface area is 146 Å². The number of anilines is 1. The molecule has 2 aromatic heterocycles. The first-order chi connectivity index (χ1) is 11.6. The molecule has 0 saturated carbocycles. The highest BCUT2D eigenvalue weighted by molar-refractivity contribution is 7.14. The molecule has 3 heterocycles. The summed E-state index contributed by atoms with van der Waals surface area (Å²) < 4.78 is 0. The van der Waals surface area contributed by atoms with E-state index >= 15 is 0 Å². The fourth-order valence-electron chi connectivity index (χ4n) is 3.46. The van der Waals surface area contributed by atoms with Gasteiger partial charge in [-0.25, -0.2) is 0 Å². The Balaban J connectivity index is 1.56. The maximum absolute atomic E-state index is 12.9. The fourth-order valence-corrected chi connectivity index (χ4v) is 4.68. The van der Waals surface area contributed by atoms with Gasteiger partial charge >= 0.3 is 0 Å². The van der Waals surface area contributed by atoms with Gasteiger partial charge in [0.2, 0.25) is 0 Å². The number of fused-ring (bicyclic) bond motifs is 2. The van der Waals surface area contributed by atoms with Gasteiger partial charge in [0.1, 0.15) is 0 Å². The van der Waals surface area contributed by atoms with Crippen molar-refractivity contribution < 1.29 is 4.79 Å². The van der Waals surface area contributed by atoms with Gasteiger partial charge in [-0.3, -0.25) is 4.79 Å². The molecule has 2 aromatic rings. The maximum atomic E-state index is 12.9. The summed E-state index contributed by atoms with van der Waals surface area (Å²) in [6.07, 6.45) is 5.55. The summed E-state index contributed by atoms with van der Waals surface area (Å²) in [7, 11) is 3.91. The molecule has 2 aliphatic rings. The van der Waals surface area contributed by atoms with Crippen LogP contribution in [0.5, 0.6) is 0 Å². The lowest BCUT2D eigenvalue weighted by molar-refractivity contribution is 0.0738. The number of rotatable bonds is 2. The van der Waals surface area contributed by atoms with Gasteiger partial charge in [0.05, 0.1) is 10.6 Å². The van der Waals surface area contributed by atoms with E-state index in [1.54, 1.807) is 11.3 Å². The number of aromatic nitrogens is 2. The Kier molecular flexibility index (Phi) is 4.00. The van der Waals surface area contributed by atoms with Crippen LogP contribution in [0.3, 0.4) is 0 Å². The van der Waals surface area contributed by atoms with Gasteiger partial charge in [0, 0.05) is 38.5 Å². The zero-order chi connectivity index (χ0) is 16.7. The van der Waals surface area contributed by atoms with E-state index in [1.807, 2.05) is 23.9 Å². The molecule has 5 nitrogen and oxygen atoms in total. The Morgan fingerprint density at radius 1 is 1.12 bits per heavy atom. The molecule has 6 heteroatoms. The first-order valence-corrected chi connectivity index (χ1v) is 9.37. The quantitative estimate of drug-likeness (QED) is 0.842. The molecule has 0 saturated heterocycles. The number of aryl methyl sites for hydroxylation is 2. The first-order valence-electron chi connectivity index (χ1n) is 8.55. The van der Waals surface area contributed by atoms with Crippen LogP contribution in [-0.2, 0) is 25.8 Å². The number of nitrogens with zero attached hydrogens (tertiary/aromatic N) is 4. The van der Waals surface area contributed by atoms with Crippen molar-refractivity contribution in [2.24, 2.45) is 0 Å². The van der Waals surface area contributed by atoms with E-state index in [0.29, 0.717) is 6.54 Å². The van der Waals surface area contributed by atoms with E-state index in [1.165, 1.54) is 23.3 Å². The van der Waals surface area contributed by atoms with Crippen molar-refractivity contribution in [2.45, 2.75) is 38.6 Å². The van der Waals surface area contributed by atoms with Crippen LogP contribution in [0, 0.1) is 0 Å². The van der Waals surface area contributed by atoms with Crippen LogP contribution in [-0.4, -0.2) is 41.6 Å². The highest BCUT2D eigenvalue weighted by atomic mass is 32.1.